The van der Waals surface area contributed by atoms with Crippen molar-refractivity contribution >= 4 is 17.2 Å². The molecule has 0 bridgehead atoms. The third-order valence-electron chi connectivity index (χ3n) is 3.80. The minimum Gasteiger partial charge on any atom is -0.335 e. The number of nitrogens with zero attached hydrogens (tertiary/aromatic N) is 1. The number of rotatable bonds is 2. The largest absolute Gasteiger partial charge is 0.335 e. The first-order valence-electron chi connectivity index (χ1n) is 6.65. The van der Waals surface area contributed by atoms with Gasteiger partial charge >= 0.3 is 0 Å². The second kappa shape index (κ2) is 5.17. The van der Waals surface area contributed by atoms with Crippen molar-refractivity contribution < 1.29 is 4.79 Å². The van der Waals surface area contributed by atoms with Crippen LogP contribution in [-0.2, 0) is 17.6 Å². The summed E-state index contributed by atoms with van der Waals surface area (Å²) in [5.74, 6) is 0.232. The Balaban J connectivity index is 1.75. The van der Waals surface area contributed by atoms with Crippen molar-refractivity contribution in [1.29, 1.82) is 0 Å². The van der Waals surface area contributed by atoms with Crippen LogP contribution in [0.1, 0.15) is 29.0 Å². The minimum absolute atomic E-state index is 0.214. The Morgan fingerprint density at radius 2 is 2.11 bits per heavy atom. The monoisotopic (exact) mass is 271 g/mol. The number of amides is 1. The Bertz CT molecular complexity index is 575. The fraction of sp³-hybridized carbons (Fsp3) is 0.312. The molecular formula is C16H17NOS. The van der Waals surface area contributed by atoms with E-state index in [0.29, 0.717) is 6.42 Å². The van der Waals surface area contributed by atoms with E-state index >= 15 is 0 Å². The van der Waals surface area contributed by atoms with Crippen LogP contribution in [0, 0.1) is 0 Å². The maximum Gasteiger partial charge on any atom is 0.227 e. The van der Waals surface area contributed by atoms with Gasteiger partial charge in [-0.3, -0.25) is 4.79 Å². The third kappa shape index (κ3) is 2.43. The van der Waals surface area contributed by atoms with E-state index in [1.54, 1.807) is 0 Å². The zero-order valence-electron chi connectivity index (χ0n) is 11.0. The molecule has 0 fully saturated rings. The first-order valence-corrected chi connectivity index (χ1v) is 7.53. The number of fused-ring (bicyclic) bond motifs is 1. The average Bonchev–Trinajstić information content (AvgIpc) is 2.89. The van der Waals surface area contributed by atoms with Crippen LogP contribution in [0.25, 0.3) is 0 Å². The van der Waals surface area contributed by atoms with Gasteiger partial charge in [-0.15, -0.1) is 11.3 Å². The Hall–Kier alpha value is -1.61. The minimum atomic E-state index is 0.214. The van der Waals surface area contributed by atoms with Gasteiger partial charge in [-0.25, -0.2) is 0 Å². The lowest BCUT2D eigenvalue weighted by Crippen LogP contribution is -2.39. The molecule has 1 atom stereocenters. The van der Waals surface area contributed by atoms with Gasteiger partial charge in [-0.05, 0) is 35.9 Å². The Labute approximate surface area is 117 Å². The molecule has 0 saturated carbocycles. The van der Waals surface area contributed by atoms with Crippen LogP contribution >= 0.6 is 11.3 Å². The third-order valence-corrected chi connectivity index (χ3v) is 4.79. The van der Waals surface area contributed by atoms with E-state index in [2.05, 4.69) is 18.4 Å². The molecule has 0 spiro atoms. The van der Waals surface area contributed by atoms with Crippen LogP contribution in [0.5, 0.6) is 0 Å². The van der Waals surface area contributed by atoms with E-state index in [0.717, 1.165) is 18.5 Å². The van der Waals surface area contributed by atoms with Crippen molar-refractivity contribution in [2.24, 2.45) is 0 Å². The second-order valence-electron chi connectivity index (χ2n) is 4.97. The molecular weight excluding hydrogens is 254 g/mol. The van der Waals surface area contributed by atoms with Crippen LogP contribution < -0.4 is 0 Å². The topological polar surface area (TPSA) is 20.3 Å². The van der Waals surface area contributed by atoms with Crippen LogP contribution in [0.3, 0.4) is 0 Å². The first kappa shape index (κ1) is 12.4. The molecule has 1 amide bonds. The standard InChI is InChI=1S/C16H17NOS/c1-12-14-8-10-19-15(14)7-9-17(12)16(18)11-13-5-3-2-4-6-13/h2-6,8,10,12H,7,9,11H2,1H3/t12-/m0/s1. The summed E-state index contributed by atoms with van der Waals surface area (Å²) in [4.78, 5) is 15.9. The summed E-state index contributed by atoms with van der Waals surface area (Å²) in [6.45, 7) is 2.98. The quantitative estimate of drug-likeness (QED) is 0.819. The predicted molar refractivity (Wildman–Crippen MR) is 78.3 cm³/mol. The average molecular weight is 271 g/mol. The number of thiophene rings is 1. The lowest BCUT2D eigenvalue weighted by Gasteiger charge is -2.33. The lowest BCUT2D eigenvalue weighted by atomic mass is 10.0. The maximum absolute atomic E-state index is 12.4. The van der Waals surface area contributed by atoms with Gasteiger partial charge in [0.25, 0.3) is 0 Å². The van der Waals surface area contributed by atoms with E-state index in [9.17, 15) is 4.79 Å². The molecule has 0 radical (unpaired) electrons. The Morgan fingerprint density at radius 1 is 1.32 bits per heavy atom. The molecule has 1 aliphatic heterocycles. The van der Waals surface area contributed by atoms with Gasteiger partial charge in [0.05, 0.1) is 12.5 Å². The second-order valence-corrected chi connectivity index (χ2v) is 5.98. The molecule has 2 heterocycles. The van der Waals surface area contributed by atoms with Crippen molar-refractivity contribution in [2.45, 2.75) is 25.8 Å². The van der Waals surface area contributed by atoms with E-state index in [4.69, 9.17) is 0 Å². The van der Waals surface area contributed by atoms with E-state index in [-0.39, 0.29) is 11.9 Å². The summed E-state index contributed by atoms with van der Waals surface area (Å²) < 4.78 is 0. The molecule has 3 heteroatoms. The zero-order chi connectivity index (χ0) is 13.2. The van der Waals surface area contributed by atoms with Gasteiger partial charge in [0, 0.05) is 11.4 Å². The van der Waals surface area contributed by atoms with Crippen molar-refractivity contribution in [3.8, 4) is 0 Å². The molecule has 0 N–H and O–H groups in total. The molecule has 98 valence electrons. The molecule has 19 heavy (non-hydrogen) atoms. The van der Waals surface area contributed by atoms with Crippen LogP contribution in [0.15, 0.2) is 41.8 Å². The lowest BCUT2D eigenvalue weighted by molar-refractivity contribution is -0.133. The summed E-state index contributed by atoms with van der Waals surface area (Å²) in [5.41, 5.74) is 2.42. The fourth-order valence-electron chi connectivity index (χ4n) is 2.72. The number of carbonyl (C=O) groups excluding carboxylic acids is 1. The maximum atomic E-state index is 12.4. The highest BCUT2D eigenvalue weighted by atomic mass is 32.1. The summed E-state index contributed by atoms with van der Waals surface area (Å²) in [7, 11) is 0. The van der Waals surface area contributed by atoms with Crippen LogP contribution in [-0.4, -0.2) is 17.4 Å². The molecule has 2 nitrogen and oxygen atoms in total. The van der Waals surface area contributed by atoms with Crippen LogP contribution in [0.2, 0.25) is 0 Å². The van der Waals surface area contributed by atoms with Crippen molar-refractivity contribution in [3.05, 3.63) is 57.8 Å². The molecule has 2 aromatic rings. The molecule has 1 aromatic heterocycles. The summed E-state index contributed by atoms with van der Waals surface area (Å²) in [6.07, 6.45) is 1.50. The number of carbonyl (C=O) groups is 1. The molecule has 0 saturated heterocycles. The highest BCUT2D eigenvalue weighted by Gasteiger charge is 2.27. The Morgan fingerprint density at radius 3 is 2.89 bits per heavy atom. The molecule has 3 rings (SSSR count). The van der Waals surface area contributed by atoms with E-state index in [1.807, 2.05) is 46.6 Å². The smallest absolute Gasteiger partial charge is 0.227 e. The molecule has 1 aliphatic rings. The zero-order valence-corrected chi connectivity index (χ0v) is 11.8. The molecule has 1 aromatic carbocycles. The van der Waals surface area contributed by atoms with Gasteiger partial charge in [-0.1, -0.05) is 30.3 Å². The van der Waals surface area contributed by atoms with Gasteiger partial charge in [0.2, 0.25) is 5.91 Å². The molecule has 0 aliphatic carbocycles. The number of hydrogen-bond donors (Lipinski definition) is 0. The van der Waals surface area contributed by atoms with Gasteiger partial charge in [0.15, 0.2) is 0 Å². The highest BCUT2D eigenvalue weighted by molar-refractivity contribution is 7.10. The van der Waals surface area contributed by atoms with Gasteiger partial charge < -0.3 is 4.90 Å². The SMILES string of the molecule is C[C@H]1c2ccsc2CCN1C(=O)Cc1ccccc1. The normalized spacial score (nSPS) is 18.2. The number of benzene rings is 1. The summed E-state index contributed by atoms with van der Waals surface area (Å²) >= 11 is 1.81. The van der Waals surface area contributed by atoms with E-state index in [1.165, 1.54) is 10.4 Å². The van der Waals surface area contributed by atoms with Crippen molar-refractivity contribution in [3.63, 3.8) is 0 Å². The number of hydrogen-bond acceptors (Lipinski definition) is 2. The van der Waals surface area contributed by atoms with Crippen molar-refractivity contribution in [1.82, 2.24) is 4.90 Å². The van der Waals surface area contributed by atoms with E-state index < -0.39 is 0 Å². The van der Waals surface area contributed by atoms with Gasteiger partial charge in [-0.2, -0.15) is 0 Å². The fourth-order valence-corrected chi connectivity index (χ4v) is 3.68. The predicted octanol–water partition coefficient (Wildman–Crippen LogP) is 3.44. The van der Waals surface area contributed by atoms with Gasteiger partial charge in [0.1, 0.15) is 0 Å². The molecule has 0 unspecified atom stereocenters. The first-order chi connectivity index (χ1) is 9.25. The van der Waals surface area contributed by atoms with Crippen molar-refractivity contribution in [2.75, 3.05) is 6.54 Å². The summed E-state index contributed by atoms with van der Waals surface area (Å²) in [6, 6.07) is 12.4. The summed E-state index contributed by atoms with van der Waals surface area (Å²) in [5, 5.41) is 2.13. The Kier molecular flexibility index (Phi) is 3.38. The highest BCUT2D eigenvalue weighted by Crippen LogP contribution is 2.33. The van der Waals surface area contributed by atoms with Crippen LogP contribution in [0.4, 0.5) is 0 Å².